The summed E-state index contributed by atoms with van der Waals surface area (Å²) in [5.74, 6) is -0.493. The fourth-order valence-corrected chi connectivity index (χ4v) is 5.68. The van der Waals surface area contributed by atoms with Crippen LogP contribution in [0, 0.1) is 5.92 Å². The number of imidazole rings is 1. The van der Waals surface area contributed by atoms with Gasteiger partial charge in [-0.1, -0.05) is 25.4 Å². The van der Waals surface area contributed by atoms with Crippen LogP contribution in [0.25, 0.3) is 11.3 Å². The van der Waals surface area contributed by atoms with Crippen molar-refractivity contribution in [2.75, 3.05) is 20.7 Å². The summed E-state index contributed by atoms with van der Waals surface area (Å²) in [7, 11) is -0.833. The molecule has 0 spiro atoms. The first kappa shape index (κ1) is 30.2. The third-order valence-corrected chi connectivity index (χ3v) is 8.65. The molecule has 1 aromatic carbocycles. The molecule has 0 aliphatic rings. The monoisotopic (exact) mass is 601 g/mol. The Hall–Kier alpha value is -3.78. The van der Waals surface area contributed by atoms with Crippen LogP contribution >= 0.6 is 11.6 Å². The fourth-order valence-electron chi connectivity index (χ4n) is 4.27. The Morgan fingerprint density at radius 3 is 2.56 bits per heavy atom. The molecule has 0 fully saturated rings. The number of sulfonamides is 1. The molecule has 3 aromatic heterocycles. The first-order chi connectivity index (χ1) is 19.4. The Morgan fingerprint density at radius 2 is 1.90 bits per heavy atom. The van der Waals surface area contributed by atoms with Gasteiger partial charge in [-0.05, 0) is 42.7 Å². The number of hydrogen-bond donors (Lipinski definition) is 3. The number of nitrogens with zero attached hydrogens (tertiary/aromatic N) is 5. The molecule has 4 rings (SSSR count). The minimum atomic E-state index is -3.69. The van der Waals surface area contributed by atoms with E-state index >= 15 is 0 Å². The molecule has 12 nitrogen and oxygen atoms in total. The molecule has 218 valence electrons. The quantitative estimate of drug-likeness (QED) is 0.239. The molecule has 2 amide bonds. The second kappa shape index (κ2) is 12.4. The number of carbonyl (C=O) groups excluding carboxylic acids is 2. The molecule has 4 aromatic rings. The number of fused-ring (bicyclic) bond motifs is 1. The minimum Gasteiger partial charge on any atom is -0.394 e. The number of amides is 2. The highest BCUT2D eigenvalue weighted by molar-refractivity contribution is 7.89. The van der Waals surface area contributed by atoms with Crippen LogP contribution in [0.5, 0.6) is 0 Å². The zero-order chi connectivity index (χ0) is 29.9. The third kappa shape index (κ3) is 6.59. The maximum atomic E-state index is 13.1. The van der Waals surface area contributed by atoms with Crippen LogP contribution in [0.4, 0.5) is 0 Å². The predicted molar refractivity (Wildman–Crippen MR) is 154 cm³/mol. The van der Waals surface area contributed by atoms with E-state index in [1.165, 1.54) is 41.5 Å². The second-order valence-electron chi connectivity index (χ2n) is 10.1. The topological polar surface area (TPSA) is 151 Å². The van der Waals surface area contributed by atoms with Gasteiger partial charge in [0.25, 0.3) is 11.8 Å². The van der Waals surface area contributed by atoms with Gasteiger partial charge in [-0.25, -0.2) is 22.4 Å². The highest BCUT2D eigenvalue weighted by atomic mass is 35.5. The maximum absolute atomic E-state index is 13.1. The standard InChI is InChI=1S/C27H32ClN7O5S/c1-17(2)10-19(16-36)32-27(38)23-14-29-25-21(6-5-9-34(23)25)26(37)30-12-18-13-31-35(15-18)20-7-8-24(22(28)11-20)41(39,40)33(3)4/h5-9,11,13-15,17,19,36H,10,12,16H2,1-4H3,(H,30,37)(H,32,38)/t19-/m1/s1. The zero-order valence-electron chi connectivity index (χ0n) is 23.1. The maximum Gasteiger partial charge on any atom is 0.270 e. The van der Waals surface area contributed by atoms with E-state index < -0.39 is 21.8 Å². The van der Waals surface area contributed by atoms with Gasteiger partial charge in [0.15, 0.2) is 0 Å². The van der Waals surface area contributed by atoms with Crippen molar-refractivity contribution in [1.29, 1.82) is 0 Å². The van der Waals surface area contributed by atoms with Crippen molar-refractivity contribution in [2.24, 2.45) is 5.92 Å². The first-order valence-corrected chi connectivity index (χ1v) is 14.7. The Bertz CT molecular complexity index is 1680. The van der Waals surface area contributed by atoms with Crippen LogP contribution in [0.1, 0.15) is 46.7 Å². The lowest BCUT2D eigenvalue weighted by molar-refractivity contribution is 0.0900. The molecular formula is C27H32ClN7O5S. The van der Waals surface area contributed by atoms with Crippen molar-refractivity contribution in [3.05, 3.63) is 77.0 Å². The van der Waals surface area contributed by atoms with E-state index in [1.807, 2.05) is 13.8 Å². The number of aliphatic hydroxyl groups is 1. The van der Waals surface area contributed by atoms with E-state index in [9.17, 15) is 23.1 Å². The van der Waals surface area contributed by atoms with Crippen LogP contribution in [0.2, 0.25) is 5.02 Å². The van der Waals surface area contributed by atoms with E-state index in [-0.39, 0.29) is 40.4 Å². The summed E-state index contributed by atoms with van der Waals surface area (Å²) < 4.78 is 29.0. The number of pyridine rings is 1. The van der Waals surface area contributed by atoms with Gasteiger partial charge >= 0.3 is 0 Å². The molecule has 1 atom stereocenters. The number of nitrogens with one attached hydrogen (secondary N) is 2. The van der Waals surface area contributed by atoms with Gasteiger partial charge in [0.2, 0.25) is 10.0 Å². The summed E-state index contributed by atoms with van der Waals surface area (Å²) in [6.45, 7) is 3.99. The number of carbonyl (C=O) groups is 2. The largest absolute Gasteiger partial charge is 0.394 e. The van der Waals surface area contributed by atoms with Crippen LogP contribution in [0.3, 0.4) is 0 Å². The van der Waals surface area contributed by atoms with Crippen molar-refractivity contribution in [3.8, 4) is 5.69 Å². The molecule has 0 radical (unpaired) electrons. The van der Waals surface area contributed by atoms with Gasteiger partial charge in [0.1, 0.15) is 16.2 Å². The Balaban J connectivity index is 1.46. The SMILES string of the molecule is CC(C)C[C@H](CO)NC(=O)c1cnc2c(C(=O)NCc3cnn(-c4ccc(S(=O)(=O)N(C)C)c(Cl)c4)c3)cccn12. The normalized spacial score (nSPS) is 12.7. The number of aromatic nitrogens is 4. The first-order valence-electron chi connectivity index (χ1n) is 12.8. The van der Waals surface area contributed by atoms with Gasteiger partial charge in [-0.3, -0.25) is 14.0 Å². The molecule has 14 heteroatoms. The highest BCUT2D eigenvalue weighted by Gasteiger charge is 2.22. The number of halogens is 1. The summed E-state index contributed by atoms with van der Waals surface area (Å²) in [6.07, 6.45) is 6.94. The number of benzene rings is 1. The van der Waals surface area contributed by atoms with Crippen molar-refractivity contribution in [2.45, 2.75) is 37.8 Å². The van der Waals surface area contributed by atoms with Crippen LogP contribution in [0.15, 0.2) is 60.0 Å². The molecule has 3 N–H and O–H groups in total. The number of hydrogen-bond acceptors (Lipinski definition) is 7. The lowest BCUT2D eigenvalue weighted by atomic mass is 10.0. The van der Waals surface area contributed by atoms with Crippen LogP contribution in [-0.4, -0.2) is 75.6 Å². The van der Waals surface area contributed by atoms with Gasteiger partial charge < -0.3 is 15.7 Å². The average Bonchev–Trinajstić information content (AvgIpc) is 3.58. The number of rotatable bonds is 11. The van der Waals surface area contributed by atoms with Crippen molar-refractivity contribution >= 4 is 39.1 Å². The minimum absolute atomic E-state index is 0.00913. The predicted octanol–water partition coefficient (Wildman–Crippen LogP) is 2.49. The molecule has 0 aliphatic heterocycles. The van der Waals surface area contributed by atoms with E-state index in [0.29, 0.717) is 29.2 Å². The Kier molecular flexibility index (Phi) is 9.12. The average molecular weight is 602 g/mol. The number of aliphatic hydroxyl groups excluding tert-OH is 1. The highest BCUT2D eigenvalue weighted by Crippen LogP contribution is 2.26. The molecule has 41 heavy (non-hydrogen) atoms. The van der Waals surface area contributed by atoms with Crippen LogP contribution in [-0.2, 0) is 16.6 Å². The Labute approximate surface area is 243 Å². The molecule has 0 saturated heterocycles. The van der Waals surface area contributed by atoms with Crippen molar-refractivity contribution in [1.82, 2.24) is 34.1 Å². The summed E-state index contributed by atoms with van der Waals surface area (Å²) in [4.78, 5) is 30.2. The molecule has 3 heterocycles. The fraction of sp³-hybridized carbons (Fsp3) is 0.333. The van der Waals surface area contributed by atoms with E-state index in [1.54, 1.807) is 36.8 Å². The summed E-state index contributed by atoms with van der Waals surface area (Å²) in [6, 6.07) is 7.40. The van der Waals surface area contributed by atoms with Crippen LogP contribution < -0.4 is 10.6 Å². The smallest absolute Gasteiger partial charge is 0.270 e. The molecular weight excluding hydrogens is 570 g/mol. The molecule has 0 unspecified atom stereocenters. The molecule has 0 bridgehead atoms. The lowest BCUT2D eigenvalue weighted by Gasteiger charge is -2.18. The second-order valence-corrected chi connectivity index (χ2v) is 12.6. The van der Waals surface area contributed by atoms with Gasteiger partial charge in [0.05, 0.1) is 41.3 Å². The lowest BCUT2D eigenvalue weighted by Crippen LogP contribution is -2.38. The van der Waals surface area contributed by atoms with Gasteiger partial charge in [-0.2, -0.15) is 5.10 Å². The summed E-state index contributed by atoms with van der Waals surface area (Å²) >= 11 is 6.26. The summed E-state index contributed by atoms with van der Waals surface area (Å²) in [5, 5.41) is 19.6. The third-order valence-electron chi connectivity index (χ3n) is 6.35. The van der Waals surface area contributed by atoms with E-state index in [2.05, 4.69) is 20.7 Å². The van der Waals surface area contributed by atoms with Gasteiger partial charge in [0, 0.05) is 38.6 Å². The zero-order valence-corrected chi connectivity index (χ0v) is 24.6. The van der Waals surface area contributed by atoms with Gasteiger partial charge in [-0.15, -0.1) is 0 Å². The van der Waals surface area contributed by atoms with E-state index in [4.69, 9.17) is 11.6 Å². The molecule has 0 saturated carbocycles. The summed E-state index contributed by atoms with van der Waals surface area (Å²) in [5.41, 5.74) is 2.09. The van der Waals surface area contributed by atoms with Crippen molar-refractivity contribution in [3.63, 3.8) is 0 Å². The van der Waals surface area contributed by atoms with E-state index in [0.717, 1.165) is 4.31 Å². The Morgan fingerprint density at radius 1 is 1.15 bits per heavy atom. The van der Waals surface area contributed by atoms with Crippen molar-refractivity contribution < 1.29 is 23.1 Å². The molecule has 0 aliphatic carbocycles.